The van der Waals surface area contributed by atoms with Crippen molar-refractivity contribution >= 4 is 29.0 Å². The molecule has 9 heteroatoms. The fraction of sp³-hybridized carbons (Fsp3) is 0.250. The highest BCUT2D eigenvalue weighted by atomic mass is 16.5. The number of pyridine rings is 1. The van der Waals surface area contributed by atoms with Crippen molar-refractivity contribution in [2.45, 2.75) is 6.92 Å². The molecule has 0 aliphatic carbocycles. The van der Waals surface area contributed by atoms with Crippen LogP contribution in [0.5, 0.6) is 23.0 Å². The minimum Gasteiger partial charge on any atom is -0.493 e. The first-order valence-corrected chi connectivity index (χ1v) is 11.6. The lowest BCUT2D eigenvalue weighted by molar-refractivity contribution is 0.0526. The van der Waals surface area contributed by atoms with Crippen molar-refractivity contribution in [1.29, 1.82) is 0 Å². The zero-order chi connectivity index (χ0) is 26.5. The van der Waals surface area contributed by atoms with E-state index in [2.05, 4.69) is 4.98 Å². The Bertz CT molecular complexity index is 1470. The van der Waals surface area contributed by atoms with Gasteiger partial charge in [-0.1, -0.05) is 6.07 Å². The third-order valence-electron chi connectivity index (χ3n) is 5.92. The molecule has 2 aromatic carbocycles. The summed E-state index contributed by atoms with van der Waals surface area (Å²) in [6.45, 7) is 1.97. The number of hydrogen-bond acceptors (Lipinski definition) is 8. The summed E-state index contributed by atoms with van der Waals surface area (Å²) in [4.78, 5) is 22.6. The molecule has 4 aromatic rings. The molecule has 0 saturated heterocycles. The highest BCUT2D eigenvalue weighted by Gasteiger charge is 2.25. The molecule has 0 radical (unpaired) electrons. The third kappa shape index (κ3) is 4.93. The largest absolute Gasteiger partial charge is 0.493 e. The Kier molecular flexibility index (Phi) is 7.62. The molecule has 0 saturated carbocycles. The standard InChI is InChI=1S/C28H29N3O6/c1-7-37-28(32)27-19(9-11-25-29-12-13-31(25)2)30-20-16-24(36-6)23(35-5)15-18(20)26(27)17-8-10-21(33-3)22(14-17)34-4/h8-16H,7H2,1-6H3/b11-9-. The van der Waals surface area contributed by atoms with Crippen LogP contribution < -0.4 is 18.9 Å². The molecule has 0 aliphatic rings. The predicted octanol–water partition coefficient (Wildman–Crippen LogP) is 5.02. The van der Waals surface area contributed by atoms with E-state index < -0.39 is 5.97 Å². The smallest absolute Gasteiger partial charge is 0.340 e. The van der Waals surface area contributed by atoms with Gasteiger partial charge in [-0.3, -0.25) is 0 Å². The monoisotopic (exact) mass is 503 g/mol. The number of nitrogens with zero attached hydrogens (tertiary/aromatic N) is 3. The minimum atomic E-state index is -0.504. The maximum absolute atomic E-state index is 13.5. The molecular weight excluding hydrogens is 474 g/mol. The maximum Gasteiger partial charge on any atom is 0.340 e. The van der Waals surface area contributed by atoms with Gasteiger partial charge in [-0.05, 0) is 42.8 Å². The normalized spacial score (nSPS) is 11.1. The van der Waals surface area contributed by atoms with Crippen LogP contribution in [0.15, 0.2) is 42.7 Å². The van der Waals surface area contributed by atoms with Crippen LogP contribution in [0, 0.1) is 0 Å². The van der Waals surface area contributed by atoms with Gasteiger partial charge < -0.3 is 28.3 Å². The highest BCUT2D eigenvalue weighted by molar-refractivity contribution is 6.10. The van der Waals surface area contributed by atoms with Crippen molar-refractivity contribution in [2.24, 2.45) is 7.05 Å². The van der Waals surface area contributed by atoms with E-state index in [1.807, 2.05) is 36.0 Å². The molecule has 0 amide bonds. The average molecular weight is 504 g/mol. The van der Waals surface area contributed by atoms with Crippen LogP contribution in [-0.4, -0.2) is 55.6 Å². The Morgan fingerprint density at radius 2 is 1.59 bits per heavy atom. The van der Waals surface area contributed by atoms with Gasteiger partial charge in [0.2, 0.25) is 0 Å². The summed E-state index contributed by atoms with van der Waals surface area (Å²) in [7, 11) is 8.14. The molecular formula is C28H29N3O6. The number of esters is 1. The number of ether oxygens (including phenoxy) is 5. The molecule has 0 N–H and O–H groups in total. The summed E-state index contributed by atoms with van der Waals surface area (Å²) >= 11 is 0. The lowest BCUT2D eigenvalue weighted by atomic mass is 9.93. The number of methoxy groups -OCH3 is 4. The molecule has 0 bridgehead atoms. The predicted molar refractivity (Wildman–Crippen MR) is 141 cm³/mol. The molecule has 0 atom stereocenters. The van der Waals surface area contributed by atoms with E-state index in [4.69, 9.17) is 28.7 Å². The van der Waals surface area contributed by atoms with Crippen LogP contribution in [-0.2, 0) is 11.8 Å². The molecule has 0 fully saturated rings. The SMILES string of the molecule is CCOC(=O)c1c(/C=C\c2nccn2C)nc2cc(OC)c(OC)cc2c1-c1ccc(OC)c(OC)c1. The Morgan fingerprint density at radius 1 is 0.919 bits per heavy atom. The Labute approximate surface area is 215 Å². The van der Waals surface area contributed by atoms with Gasteiger partial charge in [0.05, 0.1) is 51.8 Å². The number of aryl methyl sites for hydroxylation is 1. The zero-order valence-corrected chi connectivity index (χ0v) is 21.7. The molecule has 192 valence electrons. The van der Waals surface area contributed by atoms with Crippen molar-refractivity contribution in [3.8, 4) is 34.1 Å². The van der Waals surface area contributed by atoms with Gasteiger partial charge in [0.25, 0.3) is 0 Å². The zero-order valence-electron chi connectivity index (χ0n) is 21.7. The van der Waals surface area contributed by atoms with Crippen molar-refractivity contribution in [3.05, 3.63) is 59.8 Å². The summed E-state index contributed by atoms with van der Waals surface area (Å²) in [5.41, 5.74) is 2.66. The van der Waals surface area contributed by atoms with E-state index in [0.717, 1.165) is 0 Å². The molecule has 2 aromatic heterocycles. The van der Waals surface area contributed by atoms with Gasteiger partial charge in [-0.2, -0.15) is 0 Å². The second-order valence-electron chi connectivity index (χ2n) is 7.99. The number of imidazole rings is 1. The molecule has 0 aliphatic heterocycles. The fourth-order valence-electron chi connectivity index (χ4n) is 4.12. The Morgan fingerprint density at radius 3 is 2.22 bits per heavy atom. The van der Waals surface area contributed by atoms with Gasteiger partial charge in [0.15, 0.2) is 23.0 Å². The molecule has 9 nitrogen and oxygen atoms in total. The molecule has 2 heterocycles. The average Bonchev–Trinajstić information content (AvgIpc) is 3.34. The minimum absolute atomic E-state index is 0.205. The lowest BCUT2D eigenvalue weighted by Gasteiger charge is -2.18. The van der Waals surface area contributed by atoms with E-state index in [-0.39, 0.29) is 6.61 Å². The van der Waals surface area contributed by atoms with Crippen molar-refractivity contribution in [3.63, 3.8) is 0 Å². The Hall–Kier alpha value is -4.53. The maximum atomic E-state index is 13.5. The summed E-state index contributed by atoms with van der Waals surface area (Å²) in [5.74, 6) is 2.31. The first kappa shape index (κ1) is 25.6. The van der Waals surface area contributed by atoms with Crippen LogP contribution in [0.2, 0.25) is 0 Å². The third-order valence-corrected chi connectivity index (χ3v) is 5.92. The van der Waals surface area contributed by atoms with E-state index in [0.29, 0.717) is 62.1 Å². The van der Waals surface area contributed by atoms with Crippen LogP contribution in [0.25, 0.3) is 34.2 Å². The second-order valence-corrected chi connectivity index (χ2v) is 7.99. The van der Waals surface area contributed by atoms with Crippen molar-refractivity contribution in [1.82, 2.24) is 14.5 Å². The molecule has 0 spiro atoms. The first-order chi connectivity index (χ1) is 17.9. The topological polar surface area (TPSA) is 93.9 Å². The van der Waals surface area contributed by atoms with Crippen LogP contribution in [0.3, 0.4) is 0 Å². The number of hydrogen-bond donors (Lipinski definition) is 0. The van der Waals surface area contributed by atoms with Crippen LogP contribution in [0.1, 0.15) is 28.8 Å². The highest BCUT2D eigenvalue weighted by Crippen LogP contribution is 2.42. The van der Waals surface area contributed by atoms with Gasteiger partial charge >= 0.3 is 5.97 Å². The lowest BCUT2D eigenvalue weighted by Crippen LogP contribution is -2.11. The van der Waals surface area contributed by atoms with E-state index in [1.165, 1.54) is 0 Å². The number of aromatic nitrogens is 3. The number of carbonyl (C=O) groups excluding carboxylic acids is 1. The van der Waals surface area contributed by atoms with Crippen molar-refractivity contribution < 1.29 is 28.5 Å². The fourth-order valence-corrected chi connectivity index (χ4v) is 4.12. The summed E-state index contributed by atoms with van der Waals surface area (Å²) in [5, 5.41) is 0.682. The van der Waals surface area contributed by atoms with Gasteiger partial charge in [-0.25, -0.2) is 14.8 Å². The number of carbonyl (C=O) groups is 1. The number of fused-ring (bicyclic) bond motifs is 1. The van der Waals surface area contributed by atoms with Gasteiger partial charge in [0.1, 0.15) is 5.82 Å². The summed E-state index contributed by atoms with van der Waals surface area (Å²) < 4.78 is 29.4. The summed E-state index contributed by atoms with van der Waals surface area (Å²) in [6.07, 6.45) is 7.10. The second kappa shape index (κ2) is 11.0. The van der Waals surface area contributed by atoms with Crippen LogP contribution in [0.4, 0.5) is 0 Å². The van der Waals surface area contributed by atoms with E-state index in [9.17, 15) is 4.79 Å². The number of rotatable bonds is 9. The number of benzene rings is 2. The van der Waals surface area contributed by atoms with Gasteiger partial charge in [-0.15, -0.1) is 0 Å². The first-order valence-electron chi connectivity index (χ1n) is 11.6. The van der Waals surface area contributed by atoms with E-state index in [1.54, 1.807) is 65.8 Å². The van der Waals surface area contributed by atoms with Gasteiger partial charge in [0, 0.05) is 36.5 Å². The molecule has 37 heavy (non-hydrogen) atoms. The molecule has 4 rings (SSSR count). The quantitative estimate of drug-likeness (QED) is 0.294. The van der Waals surface area contributed by atoms with Crippen molar-refractivity contribution in [2.75, 3.05) is 35.0 Å². The Balaban J connectivity index is 2.11. The molecule has 0 unspecified atom stereocenters. The summed E-state index contributed by atoms with van der Waals surface area (Å²) in [6, 6.07) is 9.06. The van der Waals surface area contributed by atoms with E-state index >= 15 is 0 Å². The van der Waals surface area contributed by atoms with Crippen LogP contribution >= 0.6 is 0 Å².